The predicted molar refractivity (Wildman–Crippen MR) is 101 cm³/mol. The molecule has 0 fully saturated rings. The molecule has 1 amide bonds. The Morgan fingerprint density at radius 3 is 2.23 bits per heavy atom. The molecule has 0 radical (unpaired) electrons. The Morgan fingerprint density at radius 1 is 0.846 bits per heavy atom. The molecular weight excluding hydrogens is 331 g/mol. The van der Waals surface area contributed by atoms with Gasteiger partial charge < -0.3 is 15.4 Å². The second-order valence-corrected chi connectivity index (χ2v) is 5.64. The van der Waals surface area contributed by atoms with Crippen molar-refractivity contribution in [1.29, 1.82) is 0 Å². The van der Waals surface area contributed by atoms with Gasteiger partial charge in [0.15, 0.2) is 0 Å². The third-order valence-corrected chi connectivity index (χ3v) is 3.66. The van der Waals surface area contributed by atoms with Crippen LogP contribution in [0.2, 0.25) is 0 Å². The number of hydrogen-bond donors (Lipinski definition) is 2. The van der Waals surface area contributed by atoms with Gasteiger partial charge in [-0.05, 0) is 48.5 Å². The predicted octanol–water partition coefficient (Wildman–Crippen LogP) is 5.06. The first-order valence-corrected chi connectivity index (χ1v) is 8.32. The van der Waals surface area contributed by atoms with Crippen molar-refractivity contribution in [3.63, 3.8) is 0 Å². The third-order valence-electron chi connectivity index (χ3n) is 3.66. The molecule has 26 heavy (non-hydrogen) atoms. The summed E-state index contributed by atoms with van der Waals surface area (Å²) in [7, 11) is 0. The van der Waals surface area contributed by atoms with Crippen LogP contribution in [0.1, 0.15) is 6.42 Å². The maximum atomic E-state index is 13.5. The molecule has 3 aromatic carbocycles. The van der Waals surface area contributed by atoms with E-state index in [-0.39, 0.29) is 18.0 Å². The van der Waals surface area contributed by atoms with Gasteiger partial charge in [0.05, 0.1) is 5.69 Å². The SMILES string of the molecule is O=C(CCNc1ccc(Oc2ccccc2)cc1)Nc1ccccc1F. The minimum Gasteiger partial charge on any atom is -0.457 e. The molecule has 0 heterocycles. The van der Waals surface area contributed by atoms with E-state index in [0.29, 0.717) is 6.54 Å². The summed E-state index contributed by atoms with van der Waals surface area (Å²) in [5.41, 5.74) is 1.07. The number of rotatable bonds is 7. The number of ether oxygens (including phenoxy) is 1. The third kappa shape index (κ3) is 5.08. The van der Waals surface area contributed by atoms with Gasteiger partial charge in [-0.25, -0.2) is 4.39 Å². The topological polar surface area (TPSA) is 50.4 Å². The van der Waals surface area contributed by atoms with Gasteiger partial charge in [0.2, 0.25) is 5.91 Å². The van der Waals surface area contributed by atoms with Gasteiger partial charge in [0, 0.05) is 18.7 Å². The summed E-state index contributed by atoms with van der Waals surface area (Å²) < 4.78 is 19.2. The smallest absolute Gasteiger partial charge is 0.226 e. The fourth-order valence-corrected chi connectivity index (χ4v) is 2.36. The van der Waals surface area contributed by atoms with Crippen LogP contribution in [-0.4, -0.2) is 12.5 Å². The highest BCUT2D eigenvalue weighted by molar-refractivity contribution is 5.91. The van der Waals surface area contributed by atoms with Gasteiger partial charge in [0.1, 0.15) is 17.3 Å². The molecule has 4 nitrogen and oxygen atoms in total. The normalized spacial score (nSPS) is 10.2. The molecule has 0 aliphatic carbocycles. The number of amides is 1. The Bertz CT molecular complexity index is 851. The molecular formula is C21H19FN2O2. The van der Waals surface area contributed by atoms with Gasteiger partial charge in [-0.1, -0.05) is 30.3 Å². The summed E-state index contributed by atoms with van der Waals surface area (Å²) in [5, 5.41) is 5.72. The molecule has 0 unspecified atom stereocenters. The first-order valence-electron chi connectivity index (χ1n) is 8.32. The standard InChI is InChI=1S/C21H19FN2O2/c22-19-8-4-5-9-20(19)24-21(25)14-15-23-16-10-12-18(13-11-16)26-17-6-2-1-3-7-17/h1-13,23H,14-15H2,(H,24,25). The number of benzene rings is 3. The Morgan fingerprint density at radius 2 is 1.50 bits per heavy atom. The van der Waals surface area contributed by atoms with Crippen molar-refractivity contribution in [2.75, 3.05) is 17.2 Å². The fraction of sp³-hybridized carbons (Fsp3) is 0.0952. The molecule has 2 N–H and O–H groups in total. The van der Waals surface area contributed by atoms with Crippen molar-refractivity contribution in [2.24, 2.45) is 0 Å². The molecule has 132 valence electrons. The lowest BCUT2D eigenvalue weighted by Crippen LogP contribution is -2.16. The van der Waals surface area contributed by atoms with Crippen LogP contribution < -0.4 is 15.4 Å². The van der Waals surface area contributed by atoms with E-state index in [4.69, 9.17) is 4.74 Å². The minimum absolute atomic E-state index is 0.194. The number of nitrogens with one attached hydrogen (secondary N) is 2. The average Bonchev–Trinajstić information content (AvgIpc) is 2.66. The highest BCUT2D eigenvalue weighted by Crippen LogP contribution is 2.22. The highest BCUT2D eigenvalue weighted by atomic mass is 19.1. The van der Waals surface area contributed by atoms with Crippen molar-refractivity contribution in [3.8, 4) is 11.5 Å². The maximum Gasteiger partial charge on any atom is 0.226 e. The van der Waals surface area contributed by atoms with Gasteiger partial charge in [-0.3, -0.25) is 4.79 Å². The van der Waals surface area contributed by atoms with Crippen molar-refractivity contribution in [1.82, 2.24) is 0 Å². The van der Waals surface area contributed by atoms with Crippen LogP contribution >= 0.6 is 0 Å². The first-order chi connectivity index (χ1) is 12.7. The lowest BCUT2D eigenvalue weighted by atomic mass is 10.2. The van der Waals surface area contributed by atoms with Crippen molar-refractivity contribution in [3.05, 3.63) is 84.7 Å². The molecule has 0 spiro atoms. The molecule has 0 aliphatic heterocycles. The summed E-state index contributed by atoms with van der Waals surface area (Å²) in [6, 6.07) is 23.1. The lowest BCUT2D eigenvalue weighted by Gasteiger charge is -2.09. The molecule has 0 aliphatic rings. The van der Waals surface area contributed by atoms with E-state index >= 15 is 0 Å². The number of carbonyl (C=O) groups excluding carboxylic acids is 1. The van der Waals surface area contributed by atoms with E-state index in [0.717, 1.165) is 17.2 Å². The van der Waals surface area contributed by atoms with E-state index in [1.54, 1.807) is 12.1 Å². The first kappa shape index (κ1) is 17.5. The molecule has 0 saturated heterocycles. The summed E-state index contributed by atoms with van der Waals surface area (Å²) in [5.74, 6) is 0.825. The monoisotopic (exact) mass is 350 g/mol. The zero-order valence-corrected chi connectivity index (χ0v) is 14.1. The Hall–Kier alpha value is -3.34. The Kier molecular flexibility index (Phi) is 5.83. The van der Waals surface area contributed by atoms with Gasteiger partial charge >= 0.3 is 0 Å². The van der Waals surface area contributed by atoms with Gasteiger partial charge in [-0.2, -0.15) is 0 Å². The number of carbonyl (C=O) groups is 1. The van der Waals surface area contributed by atoms with Crippen LogP contribution in [0, 0.1) is 5.82 Å². The Labute approximate surface area is 151 Å². The molecule has 0 aromatic heterocycles. The summed E-state index contributed by atoms with van der Waals surface area (Å²) >= 11 is 0. The van der Waals surface area contributed by atoms with E-state index in [1.807, 2.05) is 54.6 Å². The molecule has 5 heteroatoms. The molecule has 0 bridgehead atoms. The van der Waals surface area contributed by atoms with Gasteiger partial charge in [0.25, 0.3) is 0 Å². The summed E-state index contributed by atoms with van der Waals surface area (Å²) in [4.78, 5) is 11.9. The molecule has 0 atom stereocenters. The zero-order chi connectivity index (χ0) is 18.2. The van der Waals surface area contributed by atoms with E-state index in [9.17, 15) is 9.18 Å². The minimum atomic E-state index is -0.442. The highest BCUT2D eigenvalue weighted by Gasteiger charge is 2.06. The second-order valence-electron chi connectivity index (χ2n) is 5.64. The lowest BCUT2D eigenvalue weighted by molar-refractivity contribution is -0.116. The zero-order valence-electron chi connectivity index (χ0n) is 14.1. The quantitative estimate of drug-likeness (QED) is 0.626. The van der Waals surface area contributed by atoms with E-state index in [1.165, 1.54) is 12.1 Å². The van der Waals surface area contributed by atoms with Crippen LogP contribution in [-0.2, 0) is 4.79 Å². The van der Waals surface area contributed by atoms with Crippen LogP contribution in [0.15, 0.2) is 78.9 Å². The Balaban J connectivity index is 1.45. The number of hydrogen-bond acceptors (Lipinski definition) is 3. The number of para-hydroxylation sites is 2. The van der Waals surface area contributed by atoms with Crippen LogP contribution in [0.3, 0.4) is 0 Å². The maximum absolute atomic E-state index is 13.5. The summed E-state index contributed by atoms with van der Waals surface area (Å²) in [6.45, 7) is 0.444. The van der Waals surface area contributed by atoms with Crippen LogP contribution in [0.25, 0.3) is 0 Å². The van der Waals surface area contributed by atoms with Crippen molar-refractivity contribution < 1.29 is 13.9 Å². The molecule has 3 aromatic rings. The van der Waals surface area contributed by atoms with E-state index in [2.05, 4.69) is 10.6 Å². The number of halogens is 1. The van der Waals surface area contributed by atoms with Gasteiger partial charge in [-0.15, -0.1) is 0 Å². The van der Waals surface area contributed by atoms with Crippen molar-refractivity contribution in [2.45, 2.75) is 6.42 Å². The average molecular weight is 350 g/mol. The second kappa shape index (κ2) is 8.67. The van der Waals surface area contributed by atoms with Crippen molar-refractivity contribution >= 4 is 17.3 Å². The van der Waals surface area contributed by atoms with Crippen LogP contribution in [0.5, 0.6) is 11.5 Å². The summed E-state index contributed by atoms with van der Waals surface area (Å²) in [6.07, 6.45) is 0.233. The van der Waals surface area contributed by atoms with E-state index < -0.39 is 5.82 Å². The number of anilines is 2. The molecule has 0 saturated carbocycles. The fourth-order valence-electron chi connectivity index (χ4n) is 2.36. The largest absolute Gasteiger partial charge is 0.457 e. The molecule has 3 rings (SSSR count). The van der Waals surface area contributed by atoms with Crippen LogP contribution in [0.4, 0.5) is 15.8 Å².